The number of amides is 4. The number of hydrogen-bond acceptors (Lipinski definition) is 6. The van der Waals surface area contributed by atoms with Gasteiger partial charge in [0.1, 0.15) is 6.04 Å². The Kier molecular flexibility index (Phi) is 8.68. The number of hydrogen-bond donors (Lipinski definition) is 2. The van der Waals surface area contributed by atoms with Crippen LogP contribution in [0.3, 0.4) is 0 Å². The van der Waals surface area contributed by atoms with Gasteiger partial charge in [-0.1, -0.05) is 52.8 Å². The Morgan fingerprint density at radius 2 is 1.81 bits per heavy atom. The van der Waals surface area contributed by atoms with E-state index in [9.17, 15) is 19.2 Å². The Morgan fingerprint density at radius 1 is 1.11 bits per heavy atom. The van der Waals surface area contributed by atoms with Crippen LogP contribution in [0.2, 0.25) is 0 Å². The Labute approximate surface area is 215 Å². The maximum absolute atomic E-state index is 12.8. The van der Waals surface area contributed by atoms with Crippen molar-refractivity contribution >= 4 is 40.8 Å². The molecule has 190 valence electrons. The molecule has 0 spiro atoms. The molecule has 1 saturated heterocycles. The lowest BCUT2D eigenvalue weighted by molar-refractivity contribution is -0.125. The van der Waals surface area contributed by atoms with Crippen molar-refractivity contribution in [3.63, 3.8) is 0 Å². The van der Waals surface area contributed by atoms with Gasteiger partial charge in [-0.05, 0) is 58.5 Å². The van der Waals surface area contributed by atoms with E-state index in [0.717, 1.165) is 27.8 Å². The summed E-state index contributed by atoms with van der Waals surface area (Å²) in [4.78, 5) is 56.0. The molecule has 1 atom stereocenters. The topological polar surface area (TPSA) is 108 Å². The Bertz CT molecular complexity index is 1150. The van der Waals surface area contributed by atoms with Crippen molar-refractivity contribution < 1.29 is 19.2 Å². The smallest absolute Gasteiger partial charge is 0.293 e. The molecule has 0 radical (unpaired) electrons. The molecule has 1 aromatic heterocycles. The second-order valence-electron chi connectivity index (χ2n) is 9.93. The van der Waals surface area contributed by atoms with E-state index < -0.39 is 17.2 Å². The van der Waals surface area contributed by atoms with Crippen molar-refractivity contribution in [3.05, 3.63) is 70.4 Å². The molecule has 1 aliphatic rings. The molecule has 0 saturated carbocycles. The van der Waals surface area contributed by atoms with Crippen molar-refractivity contribution in [3.8, 4) is 0 Å². The average Bonchev–Trinajstić information content (AvgIpc) is 3.09. The normalized spacial score (nSPS) is 15.9. The van der Waals surface area contributed by atoms with E-state index in [4.69, 9.17) is 0 Å². The van der Waals surface area contributed by atoms with Crippen LogP contribution >= 0.6 is 11.8 Å². The Hall–Kier alpha value is -3.46. The van der Waals surface area contributed by atoms with Crippen LogP contribution < -0.4 is 10.6 Å². The molecule has 0 aliphatic carbocycles. The summed E-state index contributed by atoms with van der Waals surface area (Å²) in [5.74, 6) is -1.28. The highest BCUT2D eigenvalue weighted by Crippen LogP contribution is 2.31. The minimum absolute atomic E-state index is 0.0265. The third kappa shape index (κ3) is 6.81. The number of thioether (sulfide) groups is 1. The van der Waals surface area contributed by atoms with Crippen LogP contribution in [0.4, 0.5) is 4.79 Å². The van der Waals surface area contributed by atoms with E-state index in [1.807, 2.05) is 26.0 Å². The molecular formula is C27H32N4O4S. The van der Waals surface area contributed by atoms with Gasteiger partial charge in [0.05, 0.1) is 4.91 Å². The van der Waals surface area contributed by atoms with Crippen molar-refractivity contribution in [1.29, 1.82) is 0 Å². The third-order valence-corrected chi connectivity index (χ3v) is 6.65. The van der Waals surface area contributed by atoms with Gasteiger partial charge in [0.25, 0.3) is 17.1 Å². The molecule has 1 aromatic carbocycles. The first-order valence-electron chi connectivity index (χ1n) is 11.8. The molecule has 2 aromatic rings. The molecule has 8 nitrogen and oxygen atoms in total. The molecule has 3 rings (SSSR count). The fourth-order valence-corrected chi connectivity index (χ4v) is 4.45. The fourth-order valence-electron chi connectivity index (χ4n) is 3.59. The van der Waals surface area contributed by atoms with Gasteiger partial charge in [-0.25, -0.2) is 0 Å². The van der Waals surface area contributed by atoms with E-state index in [1.54, 1.807) is 42.7 Å². The number of pyridine rings is 1. The molecule has 4 amide bonds. The first-order valence-corrected chi connectivity index (χ1v) is 12.6. The van der Waals surface area contributed by atoms with Crippen LogP contribution in [0.5, 0.6) is 0 Å². The summed E-state index contributed by atoms with van der Waals surface area (Å²) in [5.41, 5.74) is 2.28. The predicted octanol–water partition coefficient (Wildman–Crippen LogP) is 3.99. The van der Waals surface area contributed by atoms with Gasteiger partial charge in [-0.2, -0.15) is 0 Å². The minimum Gasteiger partial charge on any atom is -0.353 e. The molecule has 0 unspecified atom stereocenters. The Balaban J connectivity index is 1.56. The molecule has 2 N–H and O–H groups in total. The zero-order valence-electron chi connectivity index (χ0n) is 21.2. The lowest BCUT2D eigenvalue weighted by Gasteiger charge is -2.23. The quantitative estimate of drug-likeness (QED) is 0.522. The number of rotatable bonds is 8. The van der Waals surface area contributed by atoms with Crippen LogP contribution in [0.1, 0.15) is 56.1 Å². The largest absolute Gasteiger partial charge is 0.353 e. The second kappa shape index (κ2) is 11.5. The summed E-state index contributed by atoms with van der Waals surface area (Å²) in [6.45, 7) is 10.1. The molecule has 0 bridgehead atoms. The van der Waals surface area contributed by atoms with Gasteiger partial charge in [0, 0.05) is 31.0 Å². The maximum atomic E-state index is 12.8. The average molecular weight is 509 g/mol. The number of aromatic nitrogens is 1. The highest BCUT2D eigenvalue weighted by atomic mass is 32.2. The van der Waals surface area contributed by atoms with E-state index in [0.29, 0.717) is 10.5 Å². The van der Waals surface area contributed by atoms with Crippen LogP contribution in [-0.4, -0.2) is 52.0 Å². The minimum atomic E-state index is -0.764. The molecule has 36 heavy (non-hydrogen) atoms. The van der Waals surface area contributed by atoms with Gasteiger partial charge in [0.2, 0.25) is 5.91 Å². The summed E-state index contributed by atoms with van der Waals surface area (Å²) in [5, 5.41) is 5.16. The highest BCUT2D eigenvalue weighted by molar-refractivity contribution is 8.18. The monoisotopic (exact) mass is 508 g/mol. The first-order chi connectivity index (χ1) is 17.0. The van der Waals surface area contributed by atoms with Crippen molar-refractivity contribution in [1.82, 2.24) is 20.5 Å². The molecule has 2 heterocycles. The van der Waals surface area contributed by atoms with E-state index in [2.05, 4.69) is 36.4 Å². The molecule has 1 fully saturated rings. The van der Waals surface area contributed by atoms with Gasteiger partial charge in [-0.3, -0.25) is 29.1 Å². The number of imide groups is 1. The standard InChI is InChI=1S/C27H32N4O4S/c1-17(2)22(30-23(32)19-8-10-20(11-9-19)27(3,4)5)24(33)29-13-14-31-25(34)21(36-26(31)35)15-18-7-6-12-28-16-18/h6-12,15-17,22H,13-14H2,1-5H3,(H,29,33)(H,30,32)/b21-15-/t22-/m0/s1. The number of benzene rings is 1. The number of nitrogens with zero attached hydrogens (tertiary/aromatic N) is 2. The van der Waals surface area contributed by atoms with Gasteiger partial charge >= 0.3 is 0 Å². The first kappa shape index (κ1) is 27.1. The zero-order valence-corrected chi connectivity index (χ0v) is 22.0. The summed E-state index contributed by atoms with van der Waals surface area (Å²) in [6, 6.07) is 10.1. The number of carbonyl (C=O) groups excluding carboxylic acids is 4. The van der Waals surface area contributed by atoms with E-state index in [-0.39, 0.29) is 36.2 Å². The zero-order chi connectivity index (χ0) is 26.5. The highest BCUT2D eigenvalue weighted by Gasteiger charge is 2.35. The lowest BCUT2D eigenvalue weighted by atomic mass is 9.86. The lowest BCUT2D eigenvalue weighted by Crippen LogP contribution is -2.51. The van der Waals surface area contributed by atoms with Crippen molar-refractivity contribution in [2.45, 2.75) is 46.1 Å². The van der Waals surface area contributed by atoms with E-state index in [1.165, 1.54) is 0 Å². The summed E-state index contributed by atoms with van der Waals surface area (Å²) < 4.78 is 0. The van der Waals surface area contributed by atoms with Crippen LogP contribution in [-0.2, 0) is 15.0 Å². The van der Waals surface area contributed by atoms with Crippen LogP contribution in [0.25, 0.3) is 6.08 Å². The van der Waals surface area contributed by atoms with Crippen molar-refractivity contribution in [2.24, 2.45) is 5.92 Å². The maximum Gasteiger partial charge on any atom is 0.293 e. The van der Waals surface area contributed by atoms with Crippen LogP contribution in [0.15, 0.2) is 53.7 Å². The third-order valence-electron chi connectivity index (χ3n) is 5.74. The number of carbonyl (C=O) groups is 4. The van der Waals surface area contributed by atoms with Crippen LogP contribution in [0, 0.1) is 5.92 Å². The van der Waals surface area contributed by atoms with E-state index >= 15 is 0 Å². The SMILES string of the molecule is CC(C)[C@H](NC(=O)c1ccc(C(C)(C)C)cc1)C(=O)NCCN1C(=O)S/C(=C\c2cccnc2)C1=O. The fraction of sp³-hybridized carbons (Fsp3) is 0.370. The van der Waals surface area contributed by atoms with Gasteiger partial charge in [-0.15, -0.1) is 0 Å². The van der Waals surface area contributed by atoms with Gasteiger partial charge < -0.3 is 10.6 Å². The molecular weight excluding hydrogens is 476 g/mol. The van der Waals surface area contributed by atoms with Gasteiger partial charge in [0.15, 0.2) is 0 Å². The number of nitrogens with one attached hydrogen (secondary N) is 2. The Morgan fingerprint density at radius 3 is 2.39 bits per heavy atom. The summed E-state index contributed by atoms with van der Waals surface area (Å²) >= 11 is 0.856. The molecule has 1 aliphatic heterocycles. The second-order valence-corrected chi connectivity index (χ2v) is 10.9. The summed E-state index contributed by atoms with van der Waals surface area (Å²) in [6.07, 6.45) is 4.85. The van der Waals surface area contributed by atoms with Crippen molar-refractivity contribution in [2.75, 3.05) is 13.1 Å². The summed E-state index contributed by atoms with van der Waals surface area (Å²) in [7, 11) is 0. The predicted molar refractivity (Wildman–Crippen MR) is 141 cm³/mol. The molecule has 9 heteroatoms.